The highest BCUT2D eigenvalue weighted by Gasteiger charge is 2.22. The molecule has 1 heterocycles. The van der Waals surface area contributed by atoms with E-state index in [4.69, 9.17) is 4.74 Å². The lowest BCUT2D eigenvalue weighted by Crippen LogP contribution is -2.17. The van der Waals surface area contributed by atoms with Crippen molar-refractivity contribution in [1.29, 1.82) is 0 Å². The molecule has 0 saturated carbocycles. The van der Waals surface area contributed by atoms with Crippen molar-refractivity contribution >= 4 is 11.9 Å². The Hall–Kier alpha value is -1.91. The summed E-state index contributed by atoms with van der Waals surface area (Å²) in [7, 11) is 0. The van der Waals surface area contributed by atoms with Crippen LogP contribution in [0, 0.1) is 15.5 Å². The first-order valence-electron chi connectivity index (χ1n) is 5.81. The fourth-order valence-corrected chi connectivity index (χ4v) is 1.68. The average molecular weight is 248 g/mol. The highest BCUT2D eigenvalue weighted by Crippen LogP contribution is 2.33. The van der Waals surface area contributed by atoms with Gasteiger partial charge in [-0.1, -0.05) is 20.8 Å². The number of aliphatic imine (C=N–C) groups is 1. The monoisotopic (exact) mass is 248 g/mol. The van der Waals surface area contributed by atoms with Crippen LogP contribution >= 0.6 is 0 Å². The summed E-state index contributed by atoms with van der Waals surface area (Å²) in [6.07, 6.45) is 1.66. The molecule has 0 saturated heterocycles. The normalized spacial score (nSPS) is 13.5. The number of benzene rings is 1. The van der Waals surface area contributed by atoms with Crippen LogP contribution < -0.4 is 4.74 Å². The van der Waals surface area contributed by atoms with Gasteiger partial charge in [-0.15, -0.1) is 0 Å². The van der Waals surface area contributed by atoms with Gasteiger partial charge in [0.15, 0.2) is 5.75 Å². The number of hydrogen-bond donors (Lipinski definition) is 0. The fraction of sp³-hybridized carbons (Fsp3) is 0.462. The molecule has 18 heavy (non-hydrogen) atoms. The van der Waals surface area contributed by atoms with Crippen LogP contribution in [0.4, 0.5) is 5.69 Å². The van der Waals surface area contributed by atoms with E-state index in [0.717, 1.165) is 11.1 Å². The summed E-state index contributed by atoms with van der Waals surface area (Å²) in [6.45, 7) is 7.08. The van der Waals surface area contributed by atoms with Crippen molar-refractivity contribution < 1.29 is 9.66 Å². The predicted octanol–water partition coefficient (Wildman–Crippen LogP) is 2.95. The number of nitrogens with zero attached hydrogens (tertiary/aromatic N) is 2. The van der Waals surface area contributed by atoms with Crippen LogP contribution in [0.5, 0.6) is 5.75 Å². The molecule has 1 aliphatic heterocycles. The van der Waals surface area contributed by atoms with Crippen LogP contribution in [0.25, 0.3) is 0 Å². The van der Waals surface area contributed by atoms with E-state index in [1.807, 2.05) is 20.8 Å². The Morgan fingerprint density at radius 1 is 1.44 bits per heavy atom. The zero-order chi connectivity index (χ0) is 13.3. The molecular formula is C13H16N2O3. The maximum Gasteiger partial charge on any atom is 0.311 e. The van der Waals surface area contributed by atoms with Crippen LogP contribution in [0.15, 0.2) is 17.1 Å². The van der Waals surface area contributed by atoms with Crippen LogP contribution in [-0.4, -0.2) is 17.7 Å². The molecule has 2 rings (SSSR count). The van der Waals surface area contributed by atoms with Gasteiger partial charge in [-0.2, -0.15) is 0 Å². The maximum absolute atomic E-state index is 11.0. The van der Waals surface area contributed by atoms with Gasteiger partial charge in [-0.05, 0) is 17.0 Å². The Kier molecular flexibility index (Phi) is 3.07. The largest absolute Gasteiger partial charge is 0.486 e. The van der Waals surface area contributed by atoms with Crippen LogP contribution in [0.1, 0.15) is 31.9 Å². The molecule has 5 heteroatoms. The molecule has 1 aromatic rings. The minimum absolute atomic E-state index is 0.00588. The molecule has 0 amide bonds. The Morgan fingerprint density at radius 2 is 2.17 bits per heavy atom. The molecule has 0 radical (unpaired) electrons. The molecule has 0 bridgehead atoms. The summed E-state index contributed by atoms with van der Waals surface area (Å²) >= 11 is 0. The maximum atomic E-state index is 11.0. The van der Waals surface area contributed by atoms with E-state index in [1.165, 1.54) is 6.07 Å². The third-order valence-corrected chi connectivity index (χ3v) is 2.57. The van der Waals surface area contributed by atoms with E-state index in [1.54, 1.807) is 12.3 Å². The molecule has 0 N–H and O–H groups in total. The lowest BCUT2D eigenvalue weighted by molar-refractivity contribution is -0.386. The number of fused-ring (bicyclic) bond motifs is 1. The fourth-order valence-electron chi connectivity index (χ4n) is 1.68. The lowest BCUT2D eigenvalue weighted by Gasteiger charge is -2.19. The van der Waals surface area contributed by atoms with Gasteiger partial charge in [-0.25, -0.2) is 0 Å². The number of hydrogen-bond acceptors (Lipinski definition) is 4. The summed E-state index contributed by atoms with van der Waals surface area (Å²) in [5.74, 6) is 0.333. The van der Waals surface area contributed by atoms with Gasteiger partial charge in [0.1, 0.15) is 0 Å². The first kappa shape index (κ1) is 12.5. The van der Waals surface area contributed by atoms with Gasteiger partial charge < -0.3 is 4.74 Å². The molecule has 0 fully saturated rings. The van der Waals surface area contributed by atoms with Gasteiger partial charge in [0.05, 0.1) is 18.1 Å². The summed E-state index contributed by atoms with van der Waals surface area (Å²) in [5.41, 5.74) is 1.75. The molecule has 0 aliphatic carbocycles. The van der Waals surface area contributed by atoms with Crippen LogP contribution in [0.2, 0.25) is 0 Å². The van der Waals surface area contributed by atoms with Crippen molar-refractivity contribution in [1.82, 2.24) is 0 Å². The van der Waals surface area contributed by atoms with E-state index >= 15 is 0 Å². The molecule has 0 spiro atoms. The van der Waals surface area contributed by atoms with E-state index in [2.05, 4.69) is 4.99 Å². The third-order valence-electron chi connectivity index (χ3n) is 2.57. The number of rotatable bonds is 3. The molecule has 5 nitrogen and oxygen atoms in total. The van der Waals surface area contributed by atoms with Crippen molar-refractivity contribution in [3.05, 3.63) is 33.4 Å². The van der Waals surface area contributed by atoms with Gasteiger partial charge in [0.25, 0.3) is 0 Å². The van der Waals surface area contributed by atoms with E-state index in [9.17, 15) is 10.1 Å². The Labute approximate surface area is 106 Å². The smallest absolute Gasteiger partial charge is 0.311 e. The van der Waals surface area contributed by atoms with Crippen molar-refractivity contribution in [2.75, 3.05) is 6.61 Å². The predicted molar refractivity (Wildman–Crippen MR) is 69.3 cm³/mol. The average Bonchev–Trinajstić information content (AvgIpc) is 2.70. The van der Waals surface area contributed by atoms with Crippen molar-refractivity contribution in [3.8, 4) is 5.75 Å². The van der Waals surface area contributed by atoms with E-state index in [0.29, 0.717) is 18.9 Å². The Bertz CT molecular complexity index is 516. The molecule has 0 atom stereocenters. The summed E-state index contributed by atoms with van der Waals surface area (Å²) in [5, 5.41) is 11.0. The second kappa shape index (κ2) is 4.40. The van der Waals surface area contributed by atoms with Crippen molar-refractivity contribution in [2.45, 2.75) is 27.3 Å². The van der Waals surface area contributed by atoms with E-state index in [-0.39, 0.29) is 11.1 Å². The Balaban J connectivity index is 2.32. The zero-order valence-electron chi connectivity index (χ0n) is 10.8. The van der Waals surface area contributed by atoms with Gasteiger partial charge in [0.2, 0.25) is 0 Å². The lowest BCUT2D eigenvalue weighted by atomic mass is 9.98. The molecule has 1 aromatic carbocycles. The summed E-state index contributed by atoms with van der Waals surface area (Å²) in [4.78, 5) is 14.7. The first-order chi connectivity index (χ1) is 8.37. The van der Waals surface area contributed by atoms with Gasteiger partial charge >= 0.3 is 5.69 Å². The minimum atomic E-state index is -0.412. The topological polar surface area (TPSA) is 64.7 Å². The van der Waals surface area contributed by atoms with Crippen LogP contribution in [0.3, 0.4) is 0 Å². The van der Waals surface area contributed by atoms with Gasteiger partial charge in [0, 0.05) is 17.8 Å². The number of nitro benzene ring substituents is 1. The SMILES string of the molecule is CC(C)(C)COc1cc2c(cc1[N+](=O)[O-])C=NC2. The quantitative estimate of drug-likeness (QED) is 0.610. The molecule has 96 valence electrons. The zero-order valence-corrected chi connectivity index (χ0v) is 10.8. The minimum Gasteiger partial charge on any atom is -0.486 e. The molecule has 0 aromatic heterocycles. The third kappa shape index (κ3) is 2.67. The standard InChI is InChI=1S/C13H16N2O3/c1-13(2,3)8-18-12-5-10-7-14-6-9(10)4-11(12)15(16)17/h4-6H,7-8H2,1-3H3. The molecule has 1 aliphatic rings. The summed E-state index contributed by atoms with van der Waals surface area (Å²) in [6, 6.07) is 3.26. The number of nitro groups is 1. The summed E-state index contributed by atoms with van der Waals surface area (Å²) < 4.78 is 5.59. The molecular weight excluding hydrogens is 232 g/mol. The van der Waals surface area contributed by atoms with E-state index < -0.39 is 4.92 Å². The Morgan fingerprint density at radius 3 is 2.78 bits per heavy atom. The first-order valence-corrected chi connectivity index (χ1v) is 5.81. The second-order valence-electron chi connectivity index (χ2n) is 5.59. The molecule has 0 unspecified atom stereocenters. The van der Waals surface area contributed by atoms with Crippen LogP contribution in [-0.2, 0) is 6.54 Å². The number of ether oxygens (including phenoxy) is 1. The highest BCUT2D eigenvalue weighted by atomic mass is 16.6. The second-order valence-corrected chi connectivity index (χ2v) is 5.59. The van der Waals surface area contributed by atoms with Gasteiger partial charge in [-0.3, -0.25) is 15.1 Å². The van der Waals surface area contributed by atoms with Crippen molar-refractivity contribution in [3.63, 3.8) is 0 Å². The highest BCUT2D eigenvalue weighted by molar-refractivity contribution is 5.86. The van der Waals surface area contributed by atoms with Crippen molar-refractivity contribution in [2.24, 2.45) is 10.4 Å².